The van der Waals surface area contributed by atoms with Crippen LogP contribution in [0.15, 0.2) is 23.8 Å². The molecule has 0 aromatic carbocycles. The van der Waals surface area contributed by atoms with Crippen LogP contribution in [-0.2, 0) is 4.79 Å². The normalized spacial score (nSPS) is 23.3. The maximum absolute atomic E-state index is 11.6. The lowest BCUT2D eigenvalue weighted by Gasteiger charge is -2.10. The maximum Gasteiger partial charge on any atom is 0.181 e. The molecule has 0 saturated carbocycles. The van der Waals surface area contributed by atoms with Crippen LogP contribution in [0.1, 0.15) is 46.5 Å². The van der Waals surface area contributed by atoms with Gasteiger partial charge in [-0.1, -0.05) is 45.8 Å². The molecule has 0 amide bonds. The zero-order valence-electron chi connectivity index (χ0n) is 10.1. The van der Waals surface area contributed by atoms with E-state index in [0.717, 1.165) is 18.4 Å². The minimum absolute atomic E-state index is 0.233. The number of ketones is 1. The van der Waals surface area contributed by atoms with Crippen molar-refractivity contribution in [3.05, 3.63) is 23.8 Å². The highest BCUT2D eigenvalue weighted by molar-refractivity contribution is 6.07. The second-order valence-corrected chi connectivity index (χ2v) is 4.76. The Balaban J connectivity index is 2.59. The van der Waals surface area contributed by atoms with Gasteiger partial charge in [0.1, 0.15) is 0 Å². The van der Waals surface area contributed by atoms with Crippen LogP contribution in [0.4, 0.5) is 0 Å². The highest BCUT2D eigenvalue weighted by Gasteiger charge is 2.21. The van der Waals surface area contributed by atoms with Crippen LogP contribution in [-0.4, -0.2) is 5.78 Å². The number of hydrogen-bond donors (Lipinski definition) is 0. The first kappa shape index (κ1) is 12.2. The molecule has 84 valence electrons. The molecule has 0 aromatic rings. The van der Waals surface area contributed by atoms with Crippen LogP contribution >= 0.6 is 0 Å². The van der Waals surface area contributed by atoms with E-state index in [-0.39, 0.29) is 5.78 Å². The van der Waals surface area contributed by atoms with E-state index in [1.807, 2.05) is 0 Å². The Morgan fingerprint density at radius 2 is 2.20 bits per heavy atom. The molecule has 15 heavy (non-hydrogen) atoms. The minimum atomic E-state index is 0.233. The van der Waals surface area contributed by atoms with Crippen LogP contribution in [0.3, 0.4) is 0 Å². The fraction of sp³-hybridized carbons (Fsp3) is 0.643. The van der Waals surface area contributed by atoms with E-state index >= 15 is 0 Å². The van der Waals surface area contributed by atoms with Gasteiger partial charge in [-0.3, -0.25) is 4.79 Å². The molecular formula is C14H22O. The number of hydrogen-bond acceptors (Lipinski definition) is 1. The molecule has 0 fully saturated rings. The minimum Gasteiger partial charge on any atom is -0.290 e. The quantitative estimate of drug-likeness (QED) is 0.623. The second kappa shape index (κ2) is 5.89. The van der Waals surface area contributed by atoms with Gasteiger partial charge in [0.05, 0.1) is 0 Å². The standard InChI is InChI=1S/C14H22O/c1-4-5-6-12-8-10-14(15)13(12)9-7-11(2)3/h8-12H,4-7H2,1-3H3/b13-9+. The Kier molecular flexibility index (Phi) is 4.80. The Labute approximate surface area is 93.3 Å². The molecule has 0 spiro atoms. The van der Waals surface area contributed by atoms with Gasteiger partial charge in [0.2, 0.25) is 0 Å². The van der Waals surface area contributed by atoms with Crippen molar-refractivity contribution in [3.63, 3.8) is 0 Å². The van der Waals surface area contributed by atoms with E-state index in [2.05, 4.69) is 32.9 Å². The first-order chi connectivity index (χ1) is 7.15. The van der Waals surface area contributed by atoms with Crippen LogP contribution in [0.2, 0.25) is 0 Å². The molecule has 1 atom stereocenters. The summed E-state index contributed by atoms with van der Waals surface area (Å²) in [6.07, 6.45) is 10.5. The average Bonchev–Trinajstić information content (AvgIpc) is 2.53. The Bertz CT molecular complexity index is 271. The highest BCUT2D eigenvalue weighted by Crippen LogP contribution is 2.27. The number of carbonyl (C=O) groups is 1. The predicted molar refractivity (Wildman–Crippen MR) is 64.7 cm³/mol. The lowest BCUT2D eigenvalue weighted by molar-refractivity contribution is -0.111. The number of rotatable bonds is 5. The van der Waals surface area contributed by atoms with Gasteiger partial charge >= 0.3 is 0 Å². The van der Waals surface area contributed by atoms with Crippen molar-refractivity contribution in [1.29, 1.82) is 0 Å². The summed E-state index contributed by atoms with van der Waals surface area (Å²) in [5, 5.41) is 0. The van der Waals surface area contributed by atoms with Gasteiger partial charge in [0, 0.05) is 11.5 Å². The van der Waals surface area contributed by atoms with Crippen LogP contribution in [0.25, 0.3) is 0 Å². The van der Waals surface area contributed by atoms with E-state index in [0.29, 0.717) is 11.8 Å². The monoisotopic (exact) mass is 206 g/mol. The largest absolute Gasteiger partial charge is 0.290 e. The molecule has 0 N–H and O–H groups in total. The van der Waals surface area contributed by atoms with Crippen molar-refractivity contribution >= 4 is 5.78 Å². The van der Waals surface area contributed by atoms with Crippen LogP contribution in [0.5, 0.6) is 0 Å². The molecule has 1 aliphatic rings. The Hall–Kier alpha value is -0.850. The fourth-order valence-corrected chi connectivity index (χ4v) is 1.88. The van der Waals surface area contributed by atoms with Gasteiger partial charge in [0.25, 0.3) is 0 Å². The third kappa shape index (κ3) is 3.65. The van der Waals surface area contributed by atoms with Gasteiger partial charge in [-0.25, -0.2) is 0 Å². The predicted octanol–water partition coefficient (Wildman–Crippen LogP) is 3.90. The fourth-order valence-electron chi connectivity index (χ4n) is 1.88. The maximum atomic E-state index is 11.6. The highest BCUT2D eigenvalue weighted by atomic mass is 16.1. The summed E-state index contributed by atoms with van der Waals surface area (Å²) >= 11 is 0. The van der Waals surface area contributed by atoms with Crippen molar-refractivity contribution in [3.8, 4) is 0 Å². The van der Waals surface area contributed by atoms with Crippen LogP contribution in [0, 0.1) is 11.8 Å². The summed E-state index contributed by atoms with van der Waals surface area (Å²) in [5.41, 5.74) is 1.04. The van der Waals surface area contributed by atoms with Gasteiger partial charge in [-0.15, -0.1) is 0 Å². The molecule has 0 aliphatic heterocycles. The molecule has 1 rings (SSSR count). The molecule has 0 bridgehead atoms. The van der Waals surface area contributed by atoms with E-state index in [1.165, 1.54) is 12.8 Å². The zero-order valence-corrected chi connectivity index (χ0v) is 10.1. The molecule has 1 aliphatic carbocycles. The van der Waals surface area contributed by atoms with Crippen LogP contribution < -0.4 is 0 Å². The molecule has 1 nitrogen and oxygen atoms in total. The first-order valence-corrected chi connectivity index (χ1v) is 6.07. The lowest BCUT2D eigenvalue weighted by atomic mass is 9.94. The Morgan fingerprint density at radius 1 is 1.47 bits per heavy atom. The summed E-state index contributed by atoms with van der Waals surface area (Å²) in [5.74, 6) is 1.27. The third-order valence-corrected chi connectivity index (χ3v) is 2.84. The molecule has 1 unspecified atom stereocenters. The smallest absolute Gasteiger partial charge is 0.181 e. The summed E-state index contributed by atoms with van der Waals surface area (Å²) in [6.45, 7) is 6.56. The van der Waals surface area contributed by atoms with Gasteiger partial charge < -0.3 is 0 Å². The summed E-state index contributed by atoms with van der Waals surface area (Å²) in [6, 6.07) is 0. The molecule has 0 radical (unpaired) electrons. The van der Waals surface area contributed by atoms with Gasteiger partial charge in [-0.05, 0) is 24.8 Å². The Morgan fingerprint density at radius 3 is 2.80 bits per heavy atom. The second-order valence-electron chi connectivity index (χ2n) is 4.76. The SMILES string of the molecule is CCCCC1C=CC(=O)/C1=C/CC(C)C. The molecular weight excluding hydrogens is 184 g/mol. The van der Waals surface area contributed by atoms with Gasteiger partial charge in [0.15, 0.2) is 5.78 Å². The van der Waals surface area contributed by atoms with Crippen molar-refractivity contribution in [2.24, 2.45) is 11.8 Å². The number of unbranched alkanes of at least 4 members (excludes halogenated alkanes) is 1. The third-order valence-electron chi connectivity index (χ3n) is 2.84. The topological polar surface area (TPSA) is 17.1 Å². The molecule has 0 saturated heterocycles. The number of carbonyl (C=O) groups excluding carboxylic acids is 1. The molecule has 0 heterocycles. The molecule has 0 aromatic heterocycles. The lowest BCUT2D eigenvalue weighted by Crippen LogP contribution is -2.03. The van der Waals surface area contributed by atoms with E-state index in [1.54, 1.807) is 6.08 Å². The van der Waals surface area contributed by atoms with Crippen molar-refractivity contribution in [2.75, 3.05) is 0 Å². The summed E-state index contributed by atoms with van der Waals surface area (Å²) < 4.78 is 0. The van der Waals surface area contributed by atoms with Crippen molar-refractivity contribution in [1.82, 2.24) is 0 Å². The van der Waals surface area contributed by atoms with Crippen molar-refractivity contribution < 1.29 is 4.79 Å². The number of allylic oxidation sites excluding steroid dienone is 4. The van der Waals surface area contributed by atoms with E-state index in [9.17, 15) is 4.79 Å². The van der Waals surface area contributed by atoms with Crippen molar-refractivity contribution in [2.45, 2.75) is 46.5 Å². The van der Waals surface area contributed by atoms with Gasteiger partial charge in [-0.2, -0.15) is 0 Å². The average molecular weight is 206 g/mol. The zero-order chi connectivity index (χ0) is 11.3. The van der Waals surface area contributed by atoms with E-state index < -0.39 is 0 Å². The van der Waals surface area contributed by atoms with E-state index in [4.69, 9.17) is 0 Å². The summed E-state index contributed by atoms with van der Waals surface area (Å²) in [4.78, 5) is 11.6. The molecule has 1 heteroatoms. The first-order valence-electron chi connectivity index (χ1n) is 6.07. The summed E-state index contributed by atoms with van der Waals surface area (Å²) in [7, 11) is 0.